The summed E-state index contributed by atoms with van der Waals surface area (Å²) in [6, 6.07) is 10.6. The molecule has 4 saturated carbocycles. The van der Waals surface area contributed by atoms with Crippen LogP contribution in [-0.2, 0) is 0 Å². The quantitative estimate of drug-likeness (QED) is 0.874. The molecular formula is C21H26N2. The molecular weight excluding hydrogens is 280 g/mol. The third-order valence-electron chi connectivity index (χ3n) is 6.58. The molecule has 1 aliphatic heterocycles. The summed E-state index contributed by atoms with van der Waals surface area (Å²) in [5.74, 6) is 3.03. The van der Waals surface area contributed by atoms with Crippen molar-refractivity contribution in [2.24, 2.45) is 22.7 Å². The third kappa shape index (κ3) is 2.57. The maximum absolute atomic E-state index is 4.89. The van der Waals surface area contributed by atoms with E-state index < -0.39 is 0 Å². The standard InChI is InChI=1S/C21H26N2/c1-2-4-18(5-3-1)20-7-6-19(23-20)14-22-21-11-15-8-16(12-21)10-17(9-15)13-21/h1-5,7,15-17,22H,6,8-14H2. The Morgan fingerprint density at radius 2 is 1.61 bits per heavy atom. The summed E-state index contributed by atoms with van der Waals surface area (Å²) in [6.45, 7) is 0.985. The van der Waals surface area contributed by atoms with Gasteiger partial charge in [0, 0.05) is 24.2 Å². The number of allylic oxidation sites excluding steroid dienone is 1. The van der Waals surface area contributed by atoms with Gasteiger partial charge in [-0.05, 0) is 61.8 Å². The van der Waals surface area contributed by atoms with Crippen LogP contribution in [0, 0.1) is 17.8 Å². The van der Waals surface area contributed by atoms with Crippen molar-refractivity contribution >= 4 is 11.4 Å². The Morgan fingerprint density at radius 1 is 0.957 bits per heavy atom. The molecule has 4 aliphatic carbocycles. The molecule has 1 N–H and O–H groups in total. The second-order valence-electron chi connectivity index (χ2n) is 8.39. The van der Waals surface area contributed by atoms with Crippen molar-refractivity contribution in [1.82, 2.24) is 5.32 Å². The van der Waals surface area contributed by atoms with Gasteiger partial charge in [-0.15, -0.1) is 0 Å². The smallest absolute Gasteiger partial charge is 0.0666 e. The molecule has 4 bridgehead atoms. The molecule has 0 spiro atoms. The fraction of sp³-hybridized carbons (Fsp3) is 0.571. The van der Waals surface area contributed by atoms with Gasteiger partial charge in [-0.1, -0.05) is 36.4 Å². The molecule has 0 unspecified atom stereocenters. The lowest BCUT2D eigenvalue weighted by Crippen LogP contribution is -2.59. The van der Waals surface area contributed by atoms with Crippen molar-refractivity contribution in [3.05, 3.63) is 42.0 Å². The predicted octanol–water partition coefficient (Wildman–Crippen LogP) is 4.43. The van der Waals surface area contributed by atoms with Gasteiger partial charge in [0.15, 0.2) is 0 Å². The number of hydrogen-bond donors (Lipinski definition) is 1. The number of nitrogens with zero attached hydrogens (tertiary/aromatic N) is 1. The molecule has 0 aromatic heterocycles. The number of rotatable bonds is 4. The van der Waals surface area contributed by atoms with Crippen molar-refractivity contribution in [1.29, 1.82) is 0 Å². The molecule has 0 atom stereocenters. The minimum Gasteiger partial charge on any atom is -0.306 e. The zero-order valence-corrected chi connectivity index (χ0v) is 13.8. The molecule has 4 fully saturated rings. The fourth-order valence-corrected chi connectivity index (χ4v) is 6.00. The monoisotopic (exact) mass is 306 g/mol. The largest absolute Gasteiger partial charge is 0.306 e. The summed E-state index contributed by atoms with van der Waals surface area (Å²) in [5, 5.41) is 3.98. The molecule has 120 valence electrons. The first-order valence-corrected chi connectivity index (χ1v) is 9.35. The van der Waals surface area contributed by atoms with Gasteiger partial charge < -0.3 is 5.32 Å². The molecule has 1 aromatic rings. The molecule has 2 nitrogen and oxygen atoms in total. The average Bonchev–Trinajstić information content (AvgIpc) is 3.02. The van der Waals surface area contributed by atoms with E-state index in [2.05, 4.69) is 41.7 Å². The molecule has 6 rings (SSSR count). The maximum Gasteiger partial charge on any atom is 0.0666 e. The van der Waals surface area contributed by atoms with Crippen LogP contribution in [0.25, 0.3) is 5.70 Å². The van der Waals surface area contributed by atoms with Crippen LogP contribution in [0.1, 0.15) is 50.5 Å². The van der Waals surface area contributed by atoms with E-state index in [0.717, 1.165) is 36.4 Å². The van der Waals surface area contributed by atoms with E-state index in [9.17, 15) is 0 Å². The molecule has 0 saturated heterocycles. The topological polar surface area (TPSA) is 24.4 Å². The number of hydrogen-bond acceptors (Lipinski definition) is 2. The minimum atomic E-state index is 0.451. The highest BCUT2D eigenvalue weighted by atomic mass is 15.0. The van der Waals surface area contributed by atoms with Crippen LogP contribution in [0.2, 0.25) is 0 Å². The van der Waals surface area contributed by atoms with Gasteiger partial charge in [0.1, 0.15) is 0 Å². The molecule has 23 heavy (non-hydrogen) atoms. The van der Waals surface area contributed by atoms with Crippen molar-refractivity contribution in [3.8, 4) is 0 Å². The van der Waals surface area contributed by atoms with Crippen LogP contribution in [0.5, 0.6) is 0 Å². The first-order chi connectivity index (χ1) is 11.3. The highest BCUT2D eigenvalue weighted by Crippen LogP contribution is 2.55. The summed E-state index contributed by atoms with van der Waals surface area (Å²) in [4.78, 5) is 4.89. The molecule has 0 radical (unpaired) electrons. The van der Waals surface area contributed by atoms with E-state index >= 15 is 0 Å². The van der Waals surface area contributed by atoms with Gasteiger partial charge in [-0.3, -0.25) is 4.99 Å². The molecule has 2 heteroatoms. The Hall–Kier alpha value is -1.41. The van der Waals surface area contributed by atoms with E-state index in [4.69, 9.17) is 4.99 Å². The predicted molar refractivity (Wildman–Crippen MR) is 95.4 cm³/mol. The van der Waals surface area contributed by atoms with Gasteiger partial charge >= 0.3 is 0 Å². The Labute approximate surface area is 139 Å². The van der Waals surface area contributed by atoms with Crippen molar-refractivity contribution in [3.63, 3.8) is 0 Å². The van der Waals surface area contributed by atoms with Crippen LogP contribution in [-0.4, -0.2) is 17.8 Å². The van der Waals surface area contributed by atoms with Crippen LogP contribution >= 0.6 is 0 Å². The maximum atomic E-state index is 4.89. The summed E-state index contributed by atoms with van der Waals surface area (Å²) in [5.41, 5.74) is 4.18. The Morgan fingerprint density at radius 3 is 2.26 bits per heavy atom. The first-order valence-electron chi connectivity index (χ1n) is 9.35. The lowest BCUT2D eigenvalue weighted by Gasteiger charge is -2.57. The fourth-order valence-electron chi connectivity index (χ4n) is 6.00. The summed E-state index contributed by atoms with van der Waals surface area (Å²) in [6.07, 6.45) is 12.1. The zero-order valence-electron chi connectivity index (χ0n) is 13.8. The zero-order chi connectivity index (χ0) is 15.3. The molecule has 0 amide bonds. The van der Waals surface area contributed by atoms with E-state index in [1.807, 2.05) is 0 Å². The normalized spacial score (nSPS) is 37.8. The summed E-state index contributed by atoms with van der Waals surface area (Å²) in [7, 11) is 0. The van der Waals surface area contributed by atoms with Gasteiger partial charge in [-0.2, -0.15) is 0 Å². The Balaban J connectivity index is 1.26. The van der Waals surface area contributed by atoms with Crippen LogP contribution in [0.4, 0.5) is 0 Å². The highest BCUT2D eigenvalue weighted by molar-refractivity contribution is 5.97. The SMILES string of the molecule is C1=C(c2ccccc2)N=C(CNC23CC4CC(CC(C4)C2)C3)C1. The average molecular weight is 306 g/mol. The van der Waals surface area contributed by atoms with E-state index in [0.29, 0.717) is 5.54 Å². The van der Waals surface area contributed by atoms with E-state index in [1.165, 1.54) is 49.8 Å². The molecule has 1 aromatic carbocycles. The number of aliphatic imine (C=N–C) groups is 1. The van der Waals surface area contributed by atoms with Gasteiger partial charge in [0.05, 0.1) is 5.70 Å². The van der Waals surface area contributed by atoms with Gasteiger partial charge in [-0.25, -0.2) is 0 Å². The Bertz CT molecular complexity index is 620. The third-order valence-corrected chi connectivity index (χ3v) is 6.58. The van der Waals surface area contributed by atoms with Crippen molar-refractivity contribution in [2.75, 3.05) is 6.54 Å². The number of benzene rings is 1. The first kappa shape index (κ1) is 14.0. The van der Waals surface area contributed by atoms with Crippen molar-refractivity contribution in [2.45, 2.75) is 50.5 Å². The van der Waals surface area contributed by atoms with Crippen LogP contribution < -0.4 is 5.32 Å². The number of nitrogens with one attached hydrogen (secondary N) is 1. The van der Waals surface area contributed by atoms with Crippen molar-refractivity contribution < 1.29 is 0 Å². The molecule has 5 aliphatic rings. The lowest BCUT2D eigenvalue weighted by molar-refractivity contribution is -0.0173. The molecule has 1 heterocycles. The second-order valence-corrected chi connectivity index (χ2v) is 8.39. The van der Waals surface area contributed by atoms with E-state index in [1.54, 1.807) is 0 Å². The second kappa shape index (κ2) is 5.31. The van der Waals surface area contributed by atoms with Gasteiger partial charge in [0.25, 0.3) is 0 Å². The highest BCUT2D eigenvalue weighted by Gasteiger charge is 2.50. The Kier molecular flexibility index (Phi) is 3.22. The van der Waals surface area contributed by atoms with Crippen LogP contribution in [0.15, 0.2) is 41.4 Å². The lowest BCUT2D eigenvalue weighted by atomic mass is 9.53. The van der Waals surface area contributed by atoms with Crippen LogP contribution in [0.3, 0.4) is 0 Å². The summed E-state index contributed by atoms with van der Waals surface area (Å²) >= 11 is 0. The minimum absolute atomic E-state index is 0.451. The van der Waals surface area contributed by atoms with Gasteiger partial charge in [0.2, 0.25) is 0 Å². The summed E-state index contributed by atoms with van der Waals surface area (Å²) < 4.78 is 0. The van der Waals surface area contributed by atoms with E-state index in [-0.39, 0.29) is 0 Å².